The van der Waals surface area contributed by atoms with Crippen LogP contribution in [-0.2, 0) is 4.74 Å². The molecule has 2 nitrogen and oxygen atoms in total. The van der Waals surface area contributed by atoms with Crippen LogP contribution in [0.1, 0.15) is 27.7 Å². The SMILES string of the molecule is CC(C)(O)C(C)(C)OCI. The Morgan fingerprint density at radius 1 is 1.30 bits per heavy atom. The van der Waals surface area contributed by atoms with E-state index in [-0.39, 0.29) is 0 Å². The molecular weight excluding hydrogens is 243 g/mol. The Kier molecular flexibility index (Phi) is 3.58. The fourth-order valence-corrected chi connectivity index (χ4v) is 1.09. The molecule has 0 bridgehead atoms. The summed E-state index contributed by atoms with van der Waals surface area (Å²) in [6.45, 7) is 7.26. The number of ether oxygens (including phenoxy) is 1. The van der Waals surface area contributed by atoms with Gasteiger partial charge in [0, 0.05) is 0 Å². The van der Waals surface area contributed by atoms with Gasteiger partial charge in [-0.2, -0.15) is 0 Å². The summed E-state index contributed by atoms with van der Waals surface area (Å²) < 4.78 is 5.94. The van der Waals surface area contributed by atoms with Crippen molar-refractivity contribution >= 4 is 22.6 Å². The van der Waals surface area contributed by atoms with Crippen LogP contribution in [0.5, 0.6) is 0 Å². The predicted molar refractivity (Wildman–Crippen MR) is 50.3 cm³/mol. The molecule has 0 fully saturated rings. The first kappa shape index (κ1) is 10.7. The Morgan fingerprint density at radius 3 is 1.80 bits per heavy atom. The molecule has 0 saturated heterocycles. The van der Waals surface area contributed by atoms with E-state index in [9.17, 15) is 5.11 Å². The average Bonchev–Trinajstić information content (AvgIpc) is 1.61. The lowest BCUT2D eigenvalue weighted by Gasteiger charge is -2.36. The fraction of sp³-hybridized carbons (Fsp3) is 1.00. The second-order valence-corrected chi connectivity index (χ2v) is 3.95. The van der Waals surface area contributed by atoms with Crippen molar-refractivity contribution in [2.75, 3.05) is 4.61 Å². The van der Waals surface area contributed by atoms with Crippen molar-refractivity contribution in [1.82, 2.24) is 0 Å². The van der Waals surface area contributed by atoms with Gasteiger partial charge in [-0.05, 0) is 27.7 Å². The van der Waals surface area contributed by atoms with Gasteiger partial charge in [-0.15, -0.1) is 0 Å². The van der Waals surface area contributed by atoms with E-state index in [1.165, 1.54) is 0 Å². The second kappa shape index (κ2) is 3.36. The zero-order valence-corrected chi connectivity index (χ0v) is 9.10. The largest absolute Gasteiger partial charge is 0.387 e. The Hall–Kier alpha value is 0.650. The molecule has 0 aliphatic carbocycles. The maximum absolute atomic E-state index is 9.55. The van der Waals surface area contributed by atoms with Gasteiger partial charge in [-0.25, -0.2) is 0 Å². The van der Waals surface area contributed by atoms with E-state index in [0.29, 0.717) is 4.61 Å². The number of hydrogen-bond donors (Lipinski definition) is 1. The van der Waals surface area contributed by atoms with Gasteiger partial charge in [-0.1, -0.05) is 22.6 Å². The molecule has 1 N–H and O–H groups in total. The van der Waals surface area contributed by atoms with Crippen molar-refractivity contribution in [3.63, 3.8) is 0 Å². The molecule has 0 heterocycles. The molecule has 0 aliphatic rings. The molecule has 0 aromatic rings. The van der Waals surface area contributed by atoms with E-state index in [0.717, 1.165) is 0 Å². The molecular formula is C7H15IO2. The highest BCUT2D eigenvalue weighted by atomic mass is 127. The van der Waals surface area contributed by atoms with Crippen LogP contribution in [0.3, 0.4) is 0 Å². The van der Waals surface area contributed by atoms with Gasteiger partial charge in [0.2, 0.25) is 0 Å². The monoisotopic (exact) mass is 258 g/mol. The summed E-state index contributed by atoms with van der Waals surface area (Å²) in [5, 5.41) is 9.55. The lowest BCUT2D eigenvalue weighted by Crippen LogP contribution is -2.46. The summed E-state index contributed by atoms with van der Waals surface area (Å²) in [4.78, 5) is 0. The molecule has 0 aromatic heterocycles. The maximum atomic E-state index is 9.55. The first-order valence-corrected chi connectivity index (χ1v) is 4.76. The number of halogens is 1. The lowest BCUT2D eigenvalue weighted by molar-refractivity contribution is -0.131. The van der Waals surface area contributed by atoms with Gasteiger partial charge in [0.25, 0.3) is 0 Å². The molecule has 62 valence electrons. The Morgan fingerprint density at radius 2 is 1.70 bits per heavy atom. The Bertz CT molecular complexity index is 105. The quantitative estimate of drug-likeness (QED) is 0.619. The molecule has 0 rings (SSSR count). The number of aliphatic hydroxyl groups is 1. The van der Waals surface area contributed by atoms with Crippen LogP contribution >= 0.6 is 22.6 Å². The van der Waals surface area contributed by atoms with Crippen molar-refractivity contribution < 1.29 is 9.84 Å². The van der Waals surface area contributed by atoms with Crippen molar-refractivity contribution in [3.8, 4) is 0 Å². The predicted octanol–water partition coefficient (Wildman–Crippen LogP) is 1.95. The minimum Gasteiger partial charge on any atom is -0.387 e. The highest BCUT2D eigenvalue weighted by molar-refractivity contribution is 14.1. The zero-order valence-electron chi connectivity index (χ0n) is 6.94. The van der Waals surface area contributed by atoms with Gasteiger partial charge in [0.1, 0.15) is 0 Å². The van der Waals surface area contributed by atoms with Crippen LogP contribution in [0.15, 0.2) is 0 Å². The van der Waals surface area contributed by atoms with Gasteiger partial charge in [-0.3, -0.25) is 0 Å². The summed E-state index contributed by atoms with van der Waals surface area (Å²) in [6.07, 6.45) is 0. The Balaban J connectivity index is 4.10. The number of hydrogen-bond acceptors (Lipinski definition) is 2. The third kappa shape index (κ3) is 2.72. The molecule has 0 unspecified atom stereocenters. The van der Waals surface area contributed by atoms with Crippen molar-refractivity contribution in [2.24, 2.45) is 0 Å². The zero-order chi connectivity index (χ0) is 8.41. The van der Waals surface area contributed by atoms with Gasteiger partial charge in [0.05, 0.1) is 15.8 Å². The van der Waals surface area contributed by atoms with E-state index in [4.69, 9.17) is 4.74 Å². The van der Waals surface area contributed by atoms with Crippen LogP contribution in [0.4, 0.5) is 0 Å². The summed E-state index contributed by atoms with van der Waals surface area (Å²) in [7, 11) is 0. The van der Waals surface area contributed by atoms with Gasteiger partial charge in [0.15, 0.2) is 0 Å². The molecule has 0 spiro atoms. The van der Waals surface area contributed by atoms with E-state index in [1.54, 1.807) is 13.8 Å². The summed E-state index contributed by atoms with van der Waals surface area (Å²) in [6, 6.07) is 0. The normalized spacial score (nSPS) is 13.8. The lowest BCUT2D eigenvalue weighted by atomic mass is 9.90. The van der Waals surface area contributed by atoms with E-state index < -0.39 is 11.2 Å². The van der Waals surface area contributed by atoms with E-state index in [1.807, 2.05) is 13.8 Å². The smallest absolute Gasteiger partial charge is 0.0988 e. The molecule has 0 aromatic carbocycles. The summed E-state index contributed by atoms with van der Waals surface area (Å²) >= 11 is 2.12. The van der Waals surface area contributed by atoms with Crippen LogP contribution < -0.4 is 0 Å². The molecule has 0 saturated carbocycles. The minimum absolute atomic E-state index is 0.464. The molecule has 0 amide bonds. The van der Waals surface area contributed by atoms with Crippen molar-refractivity contribution in [3.05, 3.63) is 0 Å². The molecule has 0 atom stereocenters. The van der Waals surface area contributed by atoms with Crippen LogP contribution in [0.2, 0.25) is 0 Å². The third-order valence-corrected chi connectivity index (χ3v) is 2.20. The Labute approximate surface area is 76.1 Å². The first-order valence-electron chi connectivity index (χ1n) is 3.23. The van der Waals surface area contributed by atoms with Crippen LogP contribution in [-0.4, -0.2) is 20.9 Å². The van der Waals surface area contributed by atoms with E-state index in [2.05, 4.69) is 22.6 Å². The maximum Gasteiger partial charge on any atom is 0.0988 e. The molecule has 3 heteroatoms. The van der Waals surface area contributed by atoms with E-state index >= 15 is 0 Å². The summed E-state index contributed by atoms with van der Waals surface area (Å²) in [5.41, 5.74) is -1.24. The highest BCUT2D eigenvalue weighted by Crippen LogP contribution is 2.25. The second-order valence-electron chi connectivity index (χ2n) is 3.32. The minimum atomic E-state index is -0.780. The van der Waals surface area contributed by atoms with Crippen LogP contribution in [0, 0.1) is 0 Å². The van der Waals surface area contributed by atoms with Crippen molar-refractivity contribution in [2.45, 2.75) is 38.9 Å². The summed E-state index contributed by atoms with van der Waals surface area (Å²) in [5.74, 6) is 0. The van der Waals surface area contributed by atoms with Crippen LogP contribution in [0.25, 0.3) is 0 Å². The van der Waals surface area contributed by atoms with Gasteiger partial charge < -0.3 is 9.84 Å². The molecule has 0 aliphatic heterocycles. The fourth-order valence-electron chi connectivity index (χ4n) is 0.313. The number of rotatable bonds is 3. The third-order valence-electron chi connectivity index (χ3n) is 1.89. The molecule has 0 radical (unpaired) electrons. The highest BCUT2D eigenvalue weighted by Gasteiger charge is 2.35. The topological polar surface area (TPSA) is 29.5 Å². The molecule has 10 heavy (non-hydrogen) atoms. The first-order chi connectivity index (χ1) is 4.31. The average molecular weight is 258 g/mol. The number of alkyl halides is 1. The van der Waals surface area contributed by atoms with Crippen molar-refractivity contribution in [1.29, 1.82) is 0 Å². The van der Waals surface area contributed by atoms with Gasteiger partial charge >= 0.3 is 0 Å². The standard InChI is InChI=1S/C7H15IO2/c1-6(2,9)7(3,4)10-5-8/h9H,5H2,1-4H3.